The molecule has 2 aromatic rings. The van der Waals surface area contributed by atoms with Crippen molar-refractivity contribution in [3.63, 3.8) is 0 Å². The third-order valence-electron chi connectivity index (χ3n) is 3.80. The smallest absolute Gasteiger partial charge is 0.176 e. The fourth-order valence-corrected chi connectivity index (χ4v) is 3.30. The van der Waals surface area contributed by atoms with Crippen LogP contribution in [0.3, 0.4) is 0 Å². The Labute approximate surface area is 151 Å². The van der Waals surface area contributed by atoms with Crippen molar-refractivity contribution in [2.24, 2.45) is 0 Å². The first-order chi connectivity index (χ1) is 12.2. The summed E-state index contributed by atoms with van der Waals surface area (Å²) in [7, 11) is 3.12. The van der Waals surface area contributed by atoms with Gasteiger partial charge in [-0.15, -0.1) is 11.8 Å². The van der Waals surface area contributed by atoms with E-state index in [1.165, 1.54) is 11.8 Å². The van der Waals surface area contributed by atoms with Crippen LogP contribution in [-0.4, -0.2) is 39.0 Å². The normalized spacial score (nSPS) is 13.0. The second-order valence-electron chi connectivity index (χ2n) is 5.44. The SMILES string of the molecule is COc1ccc(OC)c(C(=O)CSc2ccc3c(c2)OCCCO3)c1. The molecule has 2 aromatic carbocycles. The van der Waals surface area contributed by atoms with Crippen LogP contribution in [0.1, 0.15) is 16.8 Å². The minimum atomic E-state index is -0.0205. The largest absolute Gasteiger partial charge is 0.497 e. The molecule has 0 atom stereocenters. The van der Waals surface area contributed by atoms with Crippen molar-refractivity contribution in [1.29, 1.82) is 0 Å². The lowest BCUT2D eigenvalue weighted by atomic mass is 10.1. The van der Waals surface area contributed by atoms with Crippen LogP contribution in [0.4, 0.5) is 0 Å². The van der Waals surface area contributed by atoms with E-state index in [0.29, 0.717) is 36.0 Å². The number of carbonyl (C=O) groups is 1. The molecule has 1 heterocycles. The fraction of sp³-hybridized carbons (Fsp3) is 0.316. The van der Waals surface area contributed by atoms with Gasteiger partial charge in [0.15, 0.2) is 17.3 Å². The van der Waals surface area contributed by atoms with Crippen molar-refractivity contribution >= 4 is 17.5 Å². The van der Waals surface area contributed by atoms with Gasteiger partial charge in [0, 0.05) is 11.3 Å². The predicted octanol–water partition coefficient (Wildman–Crippen LogP) is 3.84. The molecule has 0 saturated carbocycles. The Morgan fingerprint density at radius 2 is 1.84 bits per heavy atom. The third kappa shape index (κ3) is 4.20. The summed E-state index contributed by atoms with van der Waals surface area (Å²) in [5.74, 6) is 2.93. The van der Waals surface area contributed by atoms with Crippen LogP contribution >= 0.6 is 11.8 Å². The summed E-state index contributed by atoms with van der Waals surface area (Å²) in [6.45, 7) is 1.30. The van der Waals surface area contributed by atoms with Crippen LogP contribution in [-0.2, 0) is 0 Å². The van der Waals surface area contributed by atoms with Gasteiger partial charge in [0.05, 0.1) is 38.7 Å². The number of ketones is 1. The number of hydrogen-bond acceptors (Lipinski definition) is 6. The molecule has 132 valence electrons. The molecule has 5 nitrogen and oxygen atoms in total. The number of rotatable bonds is 6. The zero-order chi connectivity index (χ0) is 17.6. The van der Waals surface area contributed by atoms with Crippen molar-refractivity contribution in [2.75, 3.05) is 33.2 Å². The van der Waals surface area contributed by atoms with Crippen molar-refractivity contribution in [2.45, 2.75) is 11.3 Å². The highest BCUT2D eigenvalue weighted by molar-refractivity contribution is 8.00. The molecule has 0 aromatic heterocycles. The summed E-state index contributed by atoms with van der Waals surface area (Å²) in [6, 6.07) is 11.0. The molecular formula is C19H20O5S. The number of carbonyl (C=O) groups excluding carboxylic acids is 1. The average molecular weight is 360 g/mol. The highest BCUT2D eigenvalue weighted by Gasteiger charge is 2.15. The lowest BCUT2D eigenvalue weighted by Crippen LogP contribution is -2.05. The van der Waals surface area contributed by atoms with E-state index in [-0.39, 0.29) is 5.78 Å². The van der Waals surface area contributed by atoms with Gasteiger partial charge in [0.25, 0.3) is 0 Å². The van der Waals surface area contributed by atoms with Gasteiger partial charge in [-0.25, -0.2) is 0 Å². The van der Waals surface area contributed by atoms with Crippen LogP contribution in [0, 0.1) is 0 Å². The molecule has 1 aliphatic heterocycles. The van der Waals surface area contributed by atoms with Crippen molar-refractivity contribution in [1.82, 2.24) is 0 Å². The molecule has 0 saturated heterocycles. The molecule has 0 N–H and O–H groups in total. The first-order valence-electron chi connectivity index (χ1n) is 7.99. The summed E-state index contributed by atoms with van der Waals surface area (Å²) >= 11 is 1.45. The van der Waals surface area contributed by atoms with Gasteiger partial charge in [0.1, 0.15) is 11.5 Å². The summed E-state index contributed by atoms with van der Waals surface area (Å²) in [5.41, 5.74) is 0.517. The molecule has 6 heteroatoms. The second-order valence-corrected chi connectivity index (χ2v) is 6.49. The summed E-state index contributed by atoms with van der Waals surface area (Å²) < 4.78 is 21.8. The Kier molecular flexibility index (Phi) is 5.71. The Hall–Kier alpha value is -2.34. The van der Waals surface area contributed by atoms with E-state index in [1.807, 2.05) is 18.2 Å². The van der Waals surface area contributed by atoms with Crippen LogP contribution in [0.25, 0.3) is 0 Å². The number of ether oxygens (including phenoxy) is 4. The fourth-order valence-electron chi connectivity index (χ4n) is 2.49. The van der Waals surface area contributed by atoms with Gasteiger partial charge in [-0.05, 0) is 36.4 Å². The highest BCUT2D eigenvalue weighted by atomic mass is 32.2. The molecule has 1 aliphatic rings. The van der Waals surface area contributed by atoms with Crippen LogP contribution in [0.2, 0.25) is 0 Å². The first kappa shape index (κ1) is 17.5. The Bertz CT molecular complexity index is 759. The van der Waals surface area contributed by atoms with Crippen LogP contribution in [0.15, 0.2) is 41.3 Å². The van der Waals surface area contributed by atoms with Gasteiger partial charge in [0.2, 0.25) is 0 Å². The molecule has 0 spiro atoms. The van der Waals surface area contributed by atoms with E-state index in [4.69, 9.17) is 18.9 Å². The maximum Gasteiger partial charge on any atom is 0.176 e. The Balaban J connectivity index is 1.71. The van der Waals surface area contributed by atoms with Crippen molar-refractivity contribution in [3.05, 3.63) is 42.0 Å². The van der Waals surface area contributed by atoms with E-state index >= 15 is 0 Å². The van der Waals surface area contributed by atoms with E-state index in [1.54, 1.807) is 32.4 Å². The molecule has 0 fully saturated rings. The number of Topliss-reactive ketones (excluding diaryl/α,β-unsaturated/α-hetero) is 1. The van der Waals surface area contributed by atoms with Gasteiger partial charge >= 0.3 is 0 Å². The number of benzene rings is 2. The van der Waals surface area contributed by atoms with Gasteiger partial charge in [-0.2, -0.15) is 0 Å². The summed E-state index contributed by atoms with van der Waals surface area (Å²) in [5, 5.41) is 0. The topological polar surface area (TPSA) is 54.0 Å². The second kappa shape index (κ2) is 8.16. The Morgan fingerprint density at radius 3 is 2.60 bits per heavy atom. The maximum atomic E-state index is 12.6. The molecule has 0 aliphatic carbocycles. The molecular weight excluding hydrogens is 340 g/mol. The molecule has 0 unspecified atom stereocenters. The molecule has 0 radical (unpaired) electrons. The predicted molar refractivity (Wildman–Crippen MR) is 96.6 cm³/mol. The van der Waals surface area contributed by atoms with Crippen molar-refractivity contribution in [3.8, 4) is 23.0 Å². The lowest BCUT2D eigenvalue weighted by molar-refractivity contribution is 0.101. The van der Waals surface area contributed by atoms with Crippen molar-refractivity contribution < 1.29 is 23.7 Å². The van der Waals surface area contributed by atoms with E-state index < -0.39 is 0 Å². The maximum absolute atomic E-state index is 12.6. The highest BCUT2D eigenvalue weighted by Crippen LogP contribution is 2.34. The summed E-state index contributed by atoms with van der Waals surface area (Å²) in [6.07, 6.45) is 0.866. The quantitative estimate of drug-likeness (QED) is 0.576. The van der Waals surface area contributed by atoms with E-state index in [9.17, 15) is 4.79 Å². The van der Waals surface area contributed by atoms with Crippen LogP contribution < -0.4 is 18.9 Å². The van der Waals surface area contributed by atoms with Gasteiger partial charge < -0.3 is 18.9 Å². The Morgan fingerprint density at radius 1 is 1.04 bits per heavy atom. The van der Waals surface area contributed by atoms with Gasteiger partial charge in [-0.3, -0.25) is 4.79 Å². The standard InChI is InChI=1S/C19H20O5S/c1-21-13-4-6-17(22-2)15(10-13)16(20)12-25-14-5-7-18-19(11-14)24-9-3-8-23-18/h4-7,10-11H,3,8-9,12H2,1-2H3. The number of hydrogen-bond donors (Lipinski definition) is 0. The molecule has 25 heavy (non-hydrogen) atoms. The minimum Gasteiger partial charge on any atom is -0.497 e. The van der Waals surface area contributed by atoms with Gasteiger partial charge in [-0.1, -0.05) is 0 Å². The lowest BCUT2D eigenvalue weighted by Gasteiger charge is -2.11. The van der Waals surface area contributed by atoms with Crippen LogP contribution in [0.5, 0.6) is 23.0 Å². The monoisotopic (exact) mass is 360 g/mol. The number of methoxy groups -OCH3 is 2. The minimum absolute atomic E-state index is 0.0205. The molecule has 0 bridgehead atoms. The average Bonchev–Trinajstić information content (AvgIpc) is 2.90. The molecule has 3 rings (SSSR count). The zero-order valence-corrected chi connectivity index (χ0v) is 15.1. The van der Waals surface area contributed by atoms with E-state index in [0.717, 1.165) is 22.8 Å². The summed E-state index contributed by atoms with van der Waals surface area (Å²) in [4.78, 5) is 13.6. The molecule has 0 amide bonds. The number of thioether (sulfide) groups is 1. The third-order valence-corrected chi connectivity index (χ3v) is 4.79. The van der Waals surface area contributed by atoms with E-state index in [2.05, 4.69) is 0 Å². The first-order valence-corrected chi connectivity index (χ1v) is 8.97. The number of fused-ring (bicyclic) bond motifs is 1. The zero-order valence-electron chi connectivity index (χ0n) is 14.2.